The van der Waals surface area contributed by atoms with Gasteiger partial charge in [0, 0.05) is 18.6 Å². The van der Waals surface area contributed by atoms with Crippen molar-refractivity contribution in [2.45, 2.75) is 38.3 Å². The van der Waals surface area contributed by atoms with Gasteiger partial charge in [-0.3, -0.25) is 9.69 Å². The minimum Gasteiger partial charge on any atom is -0.481 e. The molecule has 0 radical (unpaired) electrons. The third-order valence-electron chi connectivity index (χ3n) is 4.62. The molecule has 1 aromatic rings. The van der Waals surface area contributed by atoms with Gasteiger partial charge in [0.05, 0.1) is 5.92 Å². The van der Waals surface area contributed by atoms with Crippen LogP contribution in [0.5, 0.6) is 0 Å². The molecular formula is C15H19NO2. The van der Waals surface area contributed by atoms with Crippen LogP contribution in [0.1, 0.15) is 24.5 Å². The molecule has 1 aliphatic carbocycles. The lowest BCUT2D eigenvalue weighted by Crippen LogP contribution is -2.62. The van der Waals surface area contributed by atoms with Crippen molar-refractivity contribution in [1.29, 1.82) is 0 Å². The average molecular weight is 245 g/mol. The lowest BCUT2D eigenvalue weighted by atomic mass is 9.81. The van der Waals surface area contributed by atoms with Crippen LogP contribution in [0.4, 0.5) is 0 Å². The van der Waals surface area contributed by atoms with Gasteiger partial charge in [0.25, 0.3) is 0 Å². The molecular weight excluding hydrogens is 226 g/mol. The lowest BCUT2D eigenvalue weighted by Gasteiger charge is -2.50. The van der Waals surface area contributed by atoms with E-state index in [4.69, 9.17) is 5.11 Å². The number of carbonyl (C=O) groups is 1. The highest BCUT2D eigenvalue weighted by Crippen LogP contribution is 2.33. The van der Waals surface area contributed by atoms with E-state index in [1.807, 2.05) is 6.92 Å². The Hall–Kier alpha value is -1.35. The van der Waals surface area contributed by atoms with Crippen molar-refractivity contribution in [2.24, 2.45) is 5.92 Å². The lowest BCUT2D eigenvalue weighted by molar-refractivity contribution is -0.154. The van der Waals surface area contributed by atoms with E-state index in [2.05, 4.69) is 29.2 Å². The summed E-state index contributed by atoms with van der Waals surface area (Å²) in [7, 11) is 0. The van der Waals surface area contributed by atoms with Crippen molar-refractivity contribution in [3.8, 4) is 0 Å². The fourth-order valence-electron chi connectivity index (χ4n) is 3.37. The van der Waals surface area contributed by atoms with Crippen LogP contribution < -0.4 is 0 Å². The summed E-state index contributed by atoms with van der Waals surface area (Å²) in [5.41, 5.74) is 2.91. The zero-order valence-corrected chi connectivity index (χ0v) is 10.7. The summed E-state index contributed by atoms with van der Waals surface area (Å²) < 4.78 is 0. The predicted octanol–water partition coefficient (Wildman–Crippen LogP) is 1.95. The largest absolute Gasteiger partial charge is 0.481 e. The Labute approximate surface area is 107 Å². The van der Waals surface area contributed by atoms with Gasteiger partial charge in [-0.05, 0) is 37.3 Å². The van der Waals surface area contributed by atoms with Gasteiger partial charge in [-0.1, -0.05) is 24.3 Å². The van der Waals surface area contributed by atoms with Gasteiger partial charge in [-0.15, -0.1) is 0 Å². The van der Waals surface area contributed by atoms with Gasteiger partial charge < -0.3 is 5.11 Å². The van der Waals surface area contributed by atoms with Crippen molar-refractivity contribution in [3.63, 3.8) is 0 Å². The minimum absolute atomic E-state index is 0.165. The maximum Gasteiger partial charge on any atom is 0.309 e. The Kier molecular flexibility index (Phi) is 2.86. The highest BCUT2D eigenvalue weighted by Gasteiger charge is 2.44. The van der Waals surface area contributed by atoms with Crippen molar-refractivity contribution in [1.82, 2.24) is 4.90 Å². The number of aliphatic carboxylic acids is 1. The molecule has 3 unspecified atom stereocenters. The summed E-state index contributed by atoms with van der Waals surface area (Å²) >= 11 is 0. The van der Waals surface area contributed by atoms with E-state index in [-0.39, 0.29) is 12.0 Å². The first kappa shape index (κ1) is 11.7. The van der Waals surface area contributed by atoms with Gasteiger partial charge in [0.15, 0.2) is 0 Å². The van der Waals surface area contributed by atoms with E-state index < -0.39 is 5.97 Å². The van der Waals surface area contributed by atoms with E-state index in [0.29, 0.717) is 6.04 Å². The van der Waals surface area contributed by atoms with Crippen LogP contribution in [-0.4, -0.2) is 34.6 Å². The SMILES string of the molecule is CC1C(C(=O)O)CN1C1CCc2ccccc2C1. The van der Waals surface area contributed by atoms with E-state index in [1.165, 1.54) is 11.1 Å². The molecule has 1 N–H and O–H groups in total. The van der Waals surface area contributed by atoms with Crippen LogP contribution in [-0.2, 0) is 17.6 Å². The van der Waals surface area contributed by atoms with E-state index in [1.54, 1.807) is 0 Å². The Bertz CT molecular complexity index is 471. The Balaban J connectivity index is 1.69. The van der Waals surface area contributed by atoms with Crippen molar-refractivity contribution in [2.75, 3.05) is 6.54 Å². The summed E-state index contributed by atoms with van der Waals surface area (Å²) in [6.07, 6.45) is 3.36. The van der Waals surface area contributed by atoms with Crippen LogP contribution in [0.2, 0.25) is 0 Å². The smallest absolute Gasteiger partial charge is 0.309 e. The summed E-state index contributed by atoms with van der Waals surface area (Å²) in [4.78, 5) is 13.4. The zero-order chi connectivity index (χ0) is 12.7. The fraction of sp³-hybridized carbons (Fsp3) is 0.533. The number of hydrogen-bond acceptors (Lipinski definition) is 2. The van der Waals surface area contributed by atoms with Crippen molar-refractivity contribution in [3.05, 3.63) is 35.4 Å². The van der Waals surface area contributed by atoms with Crippen LogP contribution >= 0.6 is 0 Å². The molecule has 2 aliphatic rings. The predicted molar refractivity (Wildman–Crippen MR) is 69.5 cm³/mol. The molecule has 3 nitrogen and oxygen atoms in total. The number of rotatable bonds is 2. The van der Waals surface area contributed by atoms with Crippen LogP contribution in [0.25, 0.3) is 0 Å². The Morgan fingerprint density at radius 1 is 1.33 bits per heavy atom. The molecule has 0 amide bonds. The fourth-order valence-corrected chi connectivity index (χ4v) is 3.37. The maximum absolute atomic E-state index is 11.0. The molecule has 0 saturated carbocycles. The highest BCUT2D eigenvalue weighted by atomic mass is 16.4. The maximum atomic E-state index is 11.0. The zero-order valence-electron chi connectivity index (χ0n) is 10.7. The monoisotopic (exact) mass is 245 g/mol. The Morgan fingerprint density at radius 2 is 2.06 bits per heavy atom. The quantitative estimate of drug-likeness (QED) is 0.865. The molecule has 1 aliphatic heterocycles. The second-order valence-corrected chi connectivity index (χ2v) is 5.55. The third-order valence-corrected chi connectivity index (χ3v) is 4.62. The van der Waals surface area contributed by atoms with E-state index in [0.717, 1.165) is 25.8 Å². The first-order valence-electron chi connectivity index (χ1n) is 6.72. The molecule has 3 atom stereocenters. The van der Waals surface area contributed by atoms with E-state index in [9.17, 15) is 4.79 Å². The number of benzene rings is 1. The molecule has 3 rings (SSSR count). The molecule has 1 heterocycles. The van der Waals surface area contributed by atoms with Crippen LogP contribution in [0.15, 0.2) is 24.3 Å². The van der Waals surface area contributed by atoms with Crippen molar-refractivity contribution < 1.29 is 9.90 Å². The molecule has 3 heteroatoms. The normalized spacial score (nSPS) is 31.5. The van der Waals surface area contributed by atoms with Gasteiger partial charge in [-0.25, -0.2) is 0 Å². The second-order valence-electron chi connectivity index (χ2n) is 5.55. The molecule has 1 fully saturated rings. The number of carboxylic acid groups (broad SMARTS) is 1. The first-order valence-corrected chi connectivity index (χ1v) is 6.72. The number of likely N-dealkylation sites (tertiary alicyclic amines) is 1. The number of aryl methyl sites for hydroxylation is 1. The number of carboxylic acids is 1. The molecule has 0 aromatic heterocycles. The molecule has 96 valence electrons. The Morgan fingerprint density at radius 3 is 2.72 bits per heavy atom. The number of nitrogens with zero attached hydrogens (tertiary/aromatic N) is 1. The van der Waals surface area contributed by atoms with Crippen LogP contribution in [0.3, 0.4) is 0 Å². The molecule has 1 saturated heterocycles. The number of hydrogen-bond donors (Lipinski definition) is 1. The topological polar surface area (TPSA) is 40.5 Å². The van der Waals surface area contributed by atoms with Gasteiger partial charge >= 0.3 is 5.97 Å². The standard InChI is InChI=1S/C15H19NO2/c1-10-14(15(17)18)9-16(10)13-7-6-11-4-2-3-5-12(11)8-13/h2-5,10,13-14H,6-9H2,1H3,(H,17,18). The average Bonchev–Trinajstić information content (AvgIpc) is 2.36. The first-order chi connectivity index (χ1) is 8.66. The van der Waals surface area contributed by atoms with E-state index >= 15 is 0 Å². The summed E-state index contributed by atoms with van der Waals surface area (Å²) in [5.74, 6) is -0.808. The second kappa shape index (κ2) is 4.39. The van der Waals surface area contributed by atoms with Gasteiger partial charge in [-0.2, -0.15) is 0 Å². The van der Waals surface area contributed by atoms with Crippen LogP contribution in [0, 0.1) is 5.92 Å². The molecule has 0 bridgehead atoms. The van der Waals surface area contributed by atoms with Gasteiger partial charge in [0.1, 0.15) is 0 Å². The number of fused-ring (bicyclic) bond motifs is 1. The third kappa shape index (κ3) is 1.83. The summed E-state index contributed by atoms with van der Waals surface area (Å²) in [6, 6.07) is 9.35. The molecule has 1 aromatic carbocycles. The summed E-state index contributed by atoms with van der Waals surface area (Å²) in [6.45, 7) is 2.77. The summed E-state index contributed by atoms with van der Waals surface area (Å²) in [5, 5.41) is 9.05. The minimum atomic E-state index is -0.644. The molecule has 18 heavy (non-hydrogen) atoms. The van der Waals surface area contributed by atoms with Crippen molar-refractivity contribution >= 4 is 5.97 Å². The molecule has 0 spiro atoms. The van der Waals surface area contributed by atoms with Gasteiger partial charge in [0.2, 0.25) is 0 Å². The highest BCUT2D eigenvalue weighted by molar-refractivity contribution is 5.72.